The van der Waals surface area contributed by atoms with Gasteiger partial charge in [0.1, 0.15) is 0 Å². The average Bonchev–Trinajstić information content (AvgIpc) is 3.01. The van der Waals surface area contributed by atoms with Crippen LogP contribution in [0.15, 0.2) is 43.0 Å². The monoisotopic (exact) mass is 322 g/mol. The van der Waals surface area contributed by atoms with Gasteiger partial charge in [-0.3, -0.25) is 0 Å². The summed E-state index contributed by atoms with van der Waals surface area (Å²) in [5, 5.41) is 46.0. The molecule has 0 bridgehead atoms. The number of hydrogen-bond donors (Lipinski definition) is 5. The summed E-state index contributed by atoms with van der Waals surface area (Å²) in [5.74, 6) is -1.29. The topological polar surface area (TPSA) is 118 Å². The SMILES string of the molecule is C=CC(=O)O.OCC(CO)(CO)C(O)C1C=Cc2ccccc21. The maximum Gasteiger partial charge on any atom is 0.327 e. The van der Waals surface area contributed by atoms with E-state index in [4.69, 9.17) is 5.11 Å². The molecule has 0 saturated heterocycles. The van der Waals surface area contributed by atoms with Crippen LogP contribution in [0.5, 0.6) is 0 Å². The van der Waals surface area contributed by atoms with E-state index in [1.165, 1.54) is 0 Å². The Balaban J connectivity index is 0.000000463. The Kier molecular flexibility index (Phi) is 7.12. The molecule has 0 aromatic heterocycles. The maximum absolute atomic E-state index is 10.4. The number of hydrogen-bond acceptors (Lipinski definition) is 5. The van der Waals surface area contributed by atoms with Crippen molar-refractivity contribution in [2.24, 2.45) is 5.41 Å². The van der Waals surface area contributed by atoms with Crippen LogP contribution in [-0.2, 0) is 4.79 Å². The van der Waals surface area contributed by atoms with E-state index in [2.05, 4.69) is 6.58 Å². The highest BCUT2D eigenvalue weighted by Crippen LogP contribution is 2.38. The molecule has 2 unspecified atom stereocenters. The Labute approximate surface area is 134 Å². The van der Waals surface area contributed by atoms with Crippen LogP contribution in [-0.4, -0.2) is 57.4 Å². The highest BCUT2D eigenvalue weighted by atomic mass is 16.4. The lowest BCUT2D eigenvalue weighted by Gasteiger charge is -2.36. The smallest absolute Gasteiger partial charge is 0.327 e. The van der Waals surface area contributed by atoms with Crippen LogP contribution in [0.2, 0.25) is 0 Å². The number of rotatable bonds is 6. The van der Waals surface area contributed by atoms with Crippen molar-refractivity contribution in [3.8, 4) is 0 Å². The Hall–Kier alpha value is -1.99. The zero-order valence-corrected chi connectivity index (χ0v) is 12.7. The van der Waals surface area contributed by atoms with Crippen LogP contribution in [0.3, 0.4) is 0 Å². The van der Waals surface area contributed by atoms with Gasteiger partial charge in [0.05, 0.1) is 31.3 Å². The molecule has 6 heteroatoms. The van der Waals surface area contributed by atoms with Crippen molar-refractivity contribution in [2.45, 2.75) is 12.0 Å². The van der Waals surface area contributed by atoms with E-state index in [-0.39, 0.29) is 5.92 Å². The van der Waals surface area contributed by atoms with Gasteiger partial charge in [-0.1, -0.05) is 43.0 Å². The van der Waals surface area contributed by atoms with Crippen molar-refractivity contribution >= 4 is 12.0 Å². The van der Waals surface area contributed by atoms with Crippen molar-refractivity contribution < 1.29 is 30.3 Å². The minimum absolute atomic E-state index is 0.312. The van der Waals surface area contributed by atoms with Gasteiger partial charge in [0.2, 0.25) is 0 Å². The molecule has 0 fully saturated rings. The molecule has 0 amide bonds. The van der Waals surface area contributed by atoms with Gasteiger partial charge in [-0.15, -0.1) is 0 Å². The fraction of sp³-hybridized carbons (Fsp3) is 0.353. The quantitative estimate of drug-likeness (QED) is 0.483. The highest BCUT2D eigenvalue weighted by Gasteiger charge is 2.42. The normalized spacial score (nSPS) is 17.0. The number of aliphatic carboxylic acids is 1. The van der Waals surface area contributed by atoms with Gasteiger partial charge in [-0.25, -0.2) is 4.79 Å². The molecule has 23 heavy (non-hydrogen) atoms. The number of benzene rings is 1. The number of aliphatic hydroxyl groups is 4. The van der Waals surface area contributed by atoms with E-state index in [1.54, 1.807) is 0 Å². The van der Waals surface area contributed by atoms with Crippen LogP contribution in [0.25, 0.3) is 6.08 Å². The van der Waals surface area contributed by atoms with Crippen molar-refractivity contribution in [2.75, 3.05) is 19.8 Å². The molecule has 1 aromatic rings. The molecular formula is C17H22O6. The van der Waals surface area contributed by atoms with E-state index in [0.717, 1.165) is 17.2 Å². The Morgan fingerprint density at radius 1 is 1.22 bits per heavy atom. The number of fused-ring (bicyclic) bond motifs is 1. The molecule has 2 rings (SSSR count). The molecule has 1 aromatic carbocycles. The summed E-state index contributed by atoms with van der Waals surface area (Å²) in [6.45, 7) is 1.57. The van der Waals surface area contributed by atoms with Gasteiger partial charge in [0, 0.05) is 12.0 Å². The molecule has 0 heterocycles. The summed E-state index contributed by atoms with van der Waals surface area (Å²) < 4.78 is 0. The average molecular weight is 322 g/mol. The maximum atomic E-state index is 10.4. The van der Waals surface area contributed by atoms with Gasteiger partial charge < -0.3 is 25.5 Å². The minimum atomic E-state index is -1.29. The van der Waals surface area contributed by atoms with E-state index in [9.17, 15) is 25.2 Å². The molecule has 0 aliphatic heterocycles. The summed E-state index contributed by atoms with van der Waals surface area (Å²) in [6.07, 6.45) is 3.54. The van der Waals surface area contributed by atoms with Gasteiger partial charge in [-0.05, 0) is 11.1 Å². The largest absolute Gasteiger partial charge is 0.478 e. The molecular weight excluding hydrogens is 300 g/mol. The van der Waals surface area contributed by atoms with Crippen LogP contribution in [0.4, 0.5) is 0 Å². The molecule has 126 valence electrons. The lowest BCUT2D eigenvalue weighted by atomic mass is 9.76. The second kappa shape index (κ2) is 8.59. The van der Waals surface area contributed by atoms with Crippen molar-refractivity contribution in [3.63, 3.8) is 0 Å². The summed E-state index contributed by atoms with van der Waals surface area (Å²) in [6, 6.07) is 7.64. The Bertz CT molecular complexity index is 554. The van der Waals surface area contributed by atoms with Gasteiger partial charge in [0.15, 0.2) is 0 Å². The molecule has 6 nitrogen and oxygen atoms in total. The second-order valence-electron chi connectivity index (χ2n) is 5.34. The summed E-state index contributed by atoms with van der Waals surface area (Å²) in [7, 11) is 0. The van der Waals surface area contributed by atoms with Crippen molar-refractivity contribution in [3.05, 3.63) is 54.1 Å². The fourth-order valence-electron chi connectivity index (χ4n) is 2.36. The predicted octanol–water partition coefficient (Wildman–Crippen LogP) is 0.378. The fourth-order valence-corrected chi connectivity index (χ4v) is 2.36. The van der Waals surface area contributed by atoms with Gasteiger partial charge in [-0.2, -0.15) is 0 Å². The van der Waals surface area contributed by atoms with Gasteiger partial charge >= 0.3 is 5.97 Å². The first-order valence-electron chi connectivity index (χ1n) is 7.09. The van der Waals surface area contributed by atoms with Crippen LogP contribution in [0.1, 0.15) is 17.0 Å². The molecule has 0 spiro atoms. The molecule has 1 aliphatic carbocycles. The Morgan fingerprint density at radius 3 is 2.22 bits per heavy atom. The molecule has 0 saturated carbocycles. The van der Waals surface area contributed by atoms with E-state index >= 15 is 0 Å². The van der Waals surface area contributed by atoms with Crippen LogP contribution < -0.4 is 0 Å². The minimum Gasteiger partial charge on any atom is -0.478 e. The molecule has 0 radical (unpaired) electrons. The molecule has 2 atom stereocenters. The van der Waals surface area contributed by atoms with E-state index in [1.807, 2.05) is 36.4 Å². The standard InChI is InChI=1S/C14H18O4.C3H4O2/c15-7-14(8-16,9-17)13(18)12-6-5-10-3-1-2-4-11(10)12;1-2-3(4)5/h1-6,12-13,15-18H,7-9H2;2H,1H2,(H,4,5). The third-order valence-electron chi connectivity index (χ3n) is 3.93. The predicted molar refractivity (Wildman–Crippen MR) is 85.7 cm³/mol. The summed E-state index contributed by atoms with van der Waals surface area (Å²) in [4.78, 5) is 9.25. The molecule has 5 N–H and O–H groups in total. The van der Waals surface area contributed by atoms with E-state index in [0.29, 0.717) is 0 Å². The van der Waals surface area contributed by atoms with Gasteiger partial charge in [0.25, 0.3) is 0 Å². The van der Waals surface area contributed by atoms with Crippen LogP contribution in [0, 0.1) is 5.41 Å². The number of carboxylic acid groups (broad SMARTS) is 1. The zero-order valence-electron chi connectivity index (χ0n) is 12.7. The summed E-state index contributed by atoms with van der Waals surface area (Å²) in [5.41, 5.74) is 0.681. The lowest BCUT2D eigenvalue weighted by molar-refractivity contribution is -0.131. The number of carbonyl (C=O) groups is 1. The first-order chi connectivity index (χ1) is 11.0. The summed E-state index contributed by atoms with van der Waals surface area (Å²) >= 11 is 0. The second-order valence-corrected chi connectivity index (χ2v) is 5.34. The highest BCUT2D eigenvalue weighted by molar-refractivity contribution is 5.78. The van der Waals surface area contributed by atoms with Crippen LogP contribution >= 0.6 is 0 Å². The van der Waals surface area contributed by atoms with E-state index < -0.39 is 37.3 Å². The zero-order chi connectivity index (χ0) is 17.5. The van der Waals surface area contributed by atoms with Crippen molar-refractivity contribution in [1.82, 2.24) is 0 Å². The Morgan fingerprint density at radius 2 is 1.74 bits per heavy atom. The molecule has 1 aliphatic rings. The first-order valence-corrected chi connectivity index (χ1v) is 7.09. The third kappa shape index (κ3) is 4.27. The number of carboxylic acids is 1. The lowest BCUT2D eigenvalue weighted by Crippen LogP contribution is -2.47. The van der Waals surface area contributed by atoms with Crippen molar-refractivity contribution in [1.29, 1.82) is 0 Å². The third-order valence-corrected chi connectivity index (χ3v) is 3.93. The first kappa shape index (κ1) is 19.1. The number of aliphatic hydroxyl groups excluding tert-OH is 4.